The Bertz CT molecular complexity index is 479. The highest BCUT2D eigenvalue weighted by molar-refractivity contribution is 5.80. The van der Waals surface area contributed by atoms with Crippen LogP contribution in [0.2, 0.25) is 0 Å². The summed E-state index contributed by atoms with van der Waals surface area (Å²) in [5, 5.41) is 42.2. The maximum Gasteiger partial charge on any atom is 0.307 e. The third kappa shape index (κ3) is 9.33. The van der Waals surface area contributed by atoms with E-state index in [1.54, 1.807) is 0 Å². The van der Waals surface area contributed by atoms with Crippen molar-refractivity contribution in [1.82, 2.24) is 0 Å². The first-order valence-electron chi connectivity index (χ1n) is 9.09. The number of carboxylic acid groups (broad SMARTS) is 5. The summed E-state index contributed by atoms with van der Waals surface area (Å²) in [7, 11) is 0. The maximum atomic E-state index is 10.6. The minimum Gasteiger partial charge on any atom is -0.481 e. The van der Waals surface area contributed by atoms with Gasteiger partial charge >= 0.3 is 23.9 Å². The number of carboxylic acids is 5. The second-order valence-corrected chi connectivity index (χ2v) is 6.87. The Hall–Kier alpha value is -2.65. The molecule has 2 aliphatic carbocycles. The van der Waals surface area contributed by atoms with Gasteiger partial charge < -0.3 is 25.5 Å². The fourth-order valence-electron chi connectivity index (χ4n) is 3.44. The number of carbonyl (C=O) groups is 5. The van der Waals surface area contributed by atoms with Gasteiger partial charge in [0.25, 0.3) is 5.97 Å². The Morgan fingerprint density at radius 2 is 0.643 bits per heavy atom. The summed E-state index contributed by atoms with van der Waals surface area (Å²) in [6, 6.07) is 0. The van der Waals surface area contributed by atoms with Crippen LogP contribution in [-0.2, 0) is 24.0 Å². The molecule has 0 aromatic heterocycles. The minimum absolute atomic E-state index is 0.506. The summed E-state index contributed by atoms with van der Waals surface area (Å²) in [4.78, 5) is 51.4. The Labute approximate surface area is 162 Å². The smallest absolute Gasteiger partial charge is 0.307 e. The molecule has 2 fully saturated rings. The Kier molecular flexibility index (Phi) is 11.5. The molecule has 0 aliphatic heterocycles. The minimum atomic E-state index is -0.970. The fraction of sp³-hybridized carbons (Fsp3) is 0.722. The number of hydrogen-bond acceptors (Lipinski definition) is 5. The molecule has 4 atom stereocenters. The highest BCUT2D eigenvalue weighted by atomic mass is 16.4. The van der Waals surface area contributed by atoms with Crippen molar-refractivity contribution in [3.05, 3.63) is 0 Å². The van der Waals surface area contributed by atoms with Crippen LogP contribution >= 0.6 is 0 Å². The lowest BCUT2D eigenvalue weighted by Crippen LogP contribution is -2.32. The molecular weight excluding hydrogens is 376 g/mol. The fourth-order valence-corrected chi connectivity index (χ4v) is 3.44. The molecule has 10 heteroatoms. The van der Waals surface area contributed by atoms with E-state index in [1.807, 2.05) is 0 Å². The number of hydrogen-bond donors (Lipinski definition) is 5. The van der Waals surface area contributed by atoms with Gasteiger partial charge in [-0.25, -0.2) is 0 Å². The Morgan fingerprint density at radius 1 is 0.500 bits per heavy atom. The highest BCUT2D eigenvalue weighted by Crippen LogP contribution is 2.31. The predicted octanol–water partition coefficient (Wildman–Crippen LogP) is 2.01. The predicted molar refractivity (Wildman–Crippen MR) is 94.7 cm³/mol. The van der Waals surface area contributed by atoms with Crippen molar-refractivity contribution in [1.29, 1.82) is 0 Å². The molecule has 4 unspecified atom stereocenters. The zero-order valence-corrected chi connectivity index (χ0v) is 15.7. The molecule has 0 heterocycles. The average Bonchev–Trinajstić information content (AvgIpc) is 2.61. The molecule has 2 aliphatic rings. The molecular formula is C18H28O10. The second kappa shape index (κ2) is 12.7. The van der Waals surface area contributed by atoms with Crippen molar-refractivity contribution < 1.29 is 49.5 Å². The molecule has 10 nitrogen and oxygen atoms in total. The van der Waals surface area contributed by atoms with E-state index in [1.165, 1.54) is 0 Å². The van der Waals surface area contributed by atoms with Crippen LogP contribution in [0.4, 0.5) is 0 Å². The molecule has 0 saturated heterocycles. The molecule has 0 radical (unpaired) electrons. The van der Waals surface area contributed by atoms with Gasteiger partial charge in [0.1, 0.15) is 0 Å². The first-order valence-corrected chi connectivity index (χ1v) is 9.09. The first-order chi connectivity index (χ1) is 13.0. The normalized spacial score (nSPS) is 26.3. The number of aliphatic carboxylic acids is 5. The van der Waals surface area contributed by atoms with Crippen LogP contribution in [0.15, 0.2) is 0 Å². The molecule has 5 N–H and O–H groups in total. The van der Waals surface area contributed by atoms with Crippen LogP contribution in [0.1, 0.15) is 58.3 Å². The van der Waals surface area contributed by atoms with E-state index in [0.717, 1.165) is 32.6 Å². The highest BCUT2D eigenvalue weighted by Gasteiger charge is 2.36. The van der Waals surface area contributed by atoms with E-state index in [0.29, 0.717) is 25.7 Å². The first kappa shape index (κ1) is 25.4. The second-order valence-electron chi connectivity index (χ2n) is 6.87. The molecule has 160 valence electrons. The summed E-state index contributed by atoms with van der Waals surface area (Å²) in [6.45, 7) is 1.08. The van der Waals surface area contributed by atoms with Crippen LogP contribution in [0.3, 0.4) is 0 Å². The standard InChI is InChI=1S/2C8H12O4.C2H4O2/c2*9-7(10)5-3-1-2-4-6(5)8(11)12;1-2(3)4/h2*5-6H,1-4H2,(H,9,10)(H,11,12);1H3,(H,3,4). The van der Waals surface area contributed by atoms with Crippen LogP contribution < -0.4 is 0 Å². The summed E-state index contributed by atoms with van der Waals surface area (Å²) in [5.74, 6) is -7.40. The Balaban J connectivity index is 0.000000439. The molecule has 28 heavy (non-hydrogen) atoms. The molecule has 0 bridgehead atoms. The quantitative estimate of drug-likeness (QED) is 0.464. The third-order valence-corrected chi connectivity index (χ3v) is 4.80. The lowest BCUT2D eigenvalue weighted by atomic mass is 9.79. The molecule has 0 amide bonds. The summed E-state index contributed by atoms with van der Waals surface area (Å²) < 4.78 is 0. The van der Waals surface area contributed by atoms with E-state index >= 15 is 0 Å². The van der Waals surface area contributed by atoms with Crippen molar-refractivity contribution in [3.8, 4) is 0 Å². The molecule has 0 aromatic rings. The van der Waals surface area contributed by atoms with Gasteiger partial charge in [-0.05, 0) is 25.7 Å². The molecule has 2 rings (SSSR count). The van der Waals surface area contributed by atoms with Crippen molar-refractivity contribution >= 4 is 29.8 Å². The topological polar surface area (TPSA) is 186 Å². The van der Waals surface area contributed by atoms with Crippen LogP contribution in [0.5, 0.6) is 0 Å². The van der Waals surface area contributed by atoms with Gasteiger partial charge in [0.2, 0.25) is 0 Å². The van der Waals surface area contributed by atoms with Gasteiger partial charge in [-0.3, -0.25) is 24.0 Å². The number of rotatable bonds is 4. The third-order valence-electron chi connectivity index (χ3n) is 4.80. The van der Waals surface area contributed by atoms with E-state index in [-0.39, 0.29) is 0 Å². The molecule has 0 spiro atoms. The molecule has 2 saturated carbocycles. The monoisotopic (exact) mass is 404 g/mol. The van der Waals surface area contributed by atoms with Gasteiger partial charge in [-0.15, -0.1) is 0 Å². The lowest BCUT2D eigenvalue weighted by molar-refractivity contribution is -0.155. The van der Waals surface area contributed by atoms with Gasteiger partial charge in [0.05, 0.1) is 23.7 Å². The van der Waals surface area contributed by atoms with E-state index in [2.05, 4.69) is 0 Å². The maximum absolute atomic E-state index is 10.6. The van der Waals surface area contributed by atoms with Crippen molar-refractivity contribution in [2.75, 3.05) is 0 Å². The summed E-state index contributed by atoms with van der Waals surface area (Å²) in [6.07, 6.45) is 5.36. The van der Waals surface area contributed by atoms with Crippen LogP contribution in [0.25, 0.3) is 0 Å². The van der Waals surface area contributed by atoms with Crippen molar-refractivity contribution in [2.45, 2.75) is 58.3 Å². The molecule has 0 aromatic carbocycles. The zero-order chi connectivity index (χ0) is 21.9. The van der Waals surface area contributed by atoms with Crippen LogP contribution in [0, 0.1) is 23.7 Å². The van der Waals surface area contributed by atoms with Gasteiger partial charge in [0.15, 0.2) is 0 Å². The SMILES string of the molecule is CC(=O)O.O=C(O)C1CCCCC1C(=O)O.O=C(O)C1CCCCC1C(=O)O. The Morgan fingerprint density at radius 3 is 0.750 bits per heavy atom. The summed E-state index contributed by atoms with van der Waals surface area (Å²) in [5.41, 5.74) is 0. The zero-order valence-electron chi connectivity index (χ0n) is 15.7. The van der Waals surface area contributed by atoms with Gasteiger partial charge in [-0.2, -0.15) is 0 Å². The van der Waals surface area contributed by atoms with Gasteiger partial charge in [-0.1, -0.05) is 25.7 Å². The largest absolute Gasteiger partial charge is 0.481 e. The van der Waals surface area contributed by atoms with Crippen molar-refractivity contribution in [2.24, 2.45) is 23.7 Å². The van der Waals surface area contributed by atoms with E-state index in [4.69, 9.17) is 30.3 Å². The average molecular weight is 404 g/mol. The van der Waals surface area contributed by atoms with Crippen molar-refractivity contribution in [3.63, 3.8) is 0 Å². The van der Waals surface area contributed by atoms with Crippen LogP contribution in [-0.4, -0.2) is 55.4 Å². The summed E-state index contributed by atoms with van der Waals surface area (Å²) >= 11 is 0. The lowest BCUT2D eigenvalue weighted by Gasteiger charge is -2.24. The van der Waals surface area contributed by atoms with Gasteiger partial charge in [0, 0.05) is 6.92 Å². The van der Waals surface area contributed by atoms with E-state index < -0.39 is 53.5 Å². The van der Waals surface area contributed by atoms with E-state index in [9.17, 15) is 19.2 Å².